The molecule has 0 aromatic heterocycles. The van der Waals surface area contributed by atoms with Crippen LogP contribution in [-0.4, -0.2) is 6.61 Å². The molecule has 2 aromatic rings. The van der Waals surface area contributed by atoms with Crippen molar-refractivity contribution in [2.75, 3.05) is 11.9 Å². The smallest absolute Gasteiger partial charge is 0.272 e. The number of hydrogen-bond acceptors (Lipinski definition) is 4. The predicted molar refractivity (Wildman–Crippen MR) is 72.0 cm³/mol. The van der Waals surface area contributed by atoms with Gasteiger partial charge in [-0.3, -0.25) is 9.59 Å². The second-order valence-electron chi connectivity index (χ2n) is 3.83. The molecule has 2 rings (SSSR count). The van der Waals surface area contributed by atoms with Gasteiger partial charge < -0.3 is 10.1 Å². The Hall–Kier alpha value is -1.81. The van der Waals surface area contributed by atoms with E-state index < -0.39 is 10.9 Å². The monoisotopic (exact) mass is 265 g/mol. The maximum Gasteiger partial charge on any atom is 0.272 e. The molecule has 0 amide bonds. The zero-order valence-electron chi connectivity index (χ0n) is 10.0. The molecule has 0 aliphatic rings. The topological polar surface area (TPSA) is 55.4 Å². The van der Waals surface area contributed by atoms with Crippen molar-refractivity contribution < 1.29 is 4.74 Å². The second-order valence-corrected chi connectivity index (χ2v) is 4.24. The van der Waals surface area contributed by atoms with Crippen LogP contribution in [-0.2, 0) is 0 Å². The van der Waals surface area contributed by atoms with E-state index in [1.807, 2.05) is 6.92 Å². The number of nitrogens with one attached hydrogen (secondary N) is 1. The zero-order chi connectivity index (χ0) is 13.3. The lowest BCUT2D eigenvalue weighted by molar-refractivity contribution is 0.335. The second kappa shape index (κ2) is 4.82. The number of hydrogen-bond donors (Lipinski definition) is 1. The van der Waals surface area contributed by atoms with Crippen LogP contribution in [0.2, 0.25) is 5.02 Å². The van der Waals surface area contributed by atoms with Crippen molar-refractivity contribution in [2.45, 2.75) is 13.8 Å². The summed E-state index contributed by atoms with van der Waals surface area (Å²) < 4.78 is 5.13. The van der Waals surface area contributed by atoms with Crippen LogP contribution in [0.3, 0.4) is 0 Å². The first-order chi connectivity index (χ1) is 8.56. The van der Waals surface area contributed by atoms with E-state index >= 15 is 0 Å². The molecule has 5 heteroatoms. The summed E-state index contributed by atoms with van der Waals surface area (Å²) in [5.41, 5.74) is 0.564. The summed E-state index contributed by atoms with van der Waals surface area (Å²) in [6.07, 6.45) is 0. The van der Waals surface area contributed by atoms with Gasteiger partial charge >= 0.3 is 0 Å². The fourth-order valence-corrected chi connectivity index (χ4v) is 1.82. The van der Waals surface area contributed by atoms with Gasteiger partial charge in [-0.1, -0.05) is 17.7 Å². The lowest BCUT2D eigenvalue weighted by atomic mass is 10.1. The molecule has 2 aromatic carbocycles. The minimum Gasteiger partial charge on any atom is -0.488 e. The number of ether oxygens (including phenoxy) is 1. The molecular formula is C13H12ClNO3. The van der Waals surface area contributed by atoms with Crippen molar-refractivity contribution in [3.63, 3.8) is 0 Å². The largest absolute Gasteiger partial charge is 0.488 e. The highest BCUT2D eigenvalue weighted by Crippen LogP contribution is 2.28. The average Bonchev–Trinajstić information content (AvgIpc) is 2.38. The molecule has 0 spiro atoms. The molecule has 0 saturated carbocycles. The summed E-state index contributed by atoms with van der Waals surface area (Å²) in [5.74, 6) is 0.0990. The van der Waals surface area contributed by atoms with E-state index in [1.165, 1.54) is 0 Å². The number of anilines is 2. The van der Waals surface area contributed by atoms with Crippen molar-refractivity contribution >= 4 is 23.0 Å². The Labute approximate surface area is 109 Å². The molecule has 0 radical (unpaired) electrons. The molecule has 1 N–H and O–H groups in total. The highest BCUT2D eigenvalue weighted by molar-refractivity contribution is 6.31. The molecule has 0 heterocycles. The first kappa shape index (κ1) is 12.6. The summed E-state index contributed by atoms with van der Waals surface area (Å²) >= 11 is 5.98. The van der Waals surface area contributed by atoms with Crippen LogP contribution in [0.25, 0.3) is 0 Å². The van der Waals surface area contributed by atoms with E-state index in [9.17, 15) is 9.59 Å². The normalized spacial score (nSPS) is 10.6. The van der Waals surface area contributed by atoms with Gasteiger partial charge in [0, 0.05) is 10.7 Å². The molecule has 0 aliphatic heterocycles. The summed E-state index contributed by atoms with van der Waals surface area (Å²) in [6, 6.07) is 5.31. The fraction of sp³-hybridized carbons (Fsp3) is 0.231. The number of benzene rings is 1. The molecule has 0 aliphatic carbocycles. The summed E-state index contributed by atoms with van der Waals surface area (Å²) in [7, 11) is 0. The van der Waals surface area contributed by atoms with Gasteiger partial charge in [0.15, 0.2) is 5.75 Å². The van der Waals surface area contributed by atoms with Crippen molar-refractivity contribution in [3.8, 4) is 5.75 Å². The van der Waals surface area contributed by atoms with Crippen LogP contribution in [0.15, 0.2) is 27.8 Å². The first-order valence-corrected chi connectivity index (χ1v) is 5.92. The molecule has 0 saturated heterocycles. The molecule has 94 valence electrons. The van der Waals surface area contributed by atoms with Gasteiger partial charge in [-0.2, -0.15) is 0 Å². The molecule has 0 bridgehead atoms. The maximum atomic E-state index is 11.5. The predicted octanol–water partition coefficient (Wildman–Crippen LogP) is 2.39. The van der Waals surface area contributed by atoms with Crippen LogP contribution in [0.5, 0.6) is 5.75 Å². The van der Waals surface area contributed by atoms with E-state index in [-0.39, 0.29) is 11.4 Å². The Bertz CT molecular complexity index is 657. The maximum absolute atomic E-state index is 11.5. The standard InChI is InChI=1S/C13H12ClNO3/c1-3-18-13-10(11(16)12(13)17)15-9-6-4-5-8(14)7(9)2/h4-6,15H,3H2,1-2H3. The average molecular weight is 266 g/mol. The Morgan fingerprint density at radius 1 is 1.28 bits per heavy atom. The van der Waals surface area contributed by atoms with Gasteiger partial charge in [-0.15, -0.1) is 0 Å². The minimum atomic E-state index is -0.584. The lowest BCUT2D eigenvalue weighted by Gasteiger charge is -2.15. The van der Waals surface area contributed by atoms with E-state index in [0.717, 1.165) is 5.56 Å². The Morgan fingerprint density at radius 3 is 2.67 bits per heavy atom. The minimum absolute atomic E-state index is 0.0990. The van der Waals surface area contributed by atoms with Crippen molar-refractivity contribution in [1.82, 2.24) is 0 Å². The quantitative estimate of drug-likeness (QED) is 0.863. The van der Waals surface area contributed by atoms with E-state index in [2.05, 4.69) is 5.32 Å². The van der Waals surface area contributed by atoms with Crippen molar-refractivity contribution in [1.29, 1.82) is 0 Å². The molecule has 0 unspecified atom stereocenters. The van der Waals surface area contributed by atoms with Crippen LogP contribution < -0.4 is 20.9 Å². The van der Waals surface area contributed by atoms with Gasteiger partial charge in [-0.25, -0.2) is 0 Å². The van der Waals surface area contributed by atoms with Crippen molar-refractivity contribution in [2.24, 2.45) is 0 Å². The molecule has 18 heavy (non-hydrogen) atoms. The molecular weight excluding hydrogens is 254 g/mol. The number of halogens is 1. The third-order valence-electron chi connectivity index (χ3n) is 2.68. The van der Waals surface area contributed by atoms with Gasteiger partial charge in [0.05, 0.1) is 6.61 Å². The van der Waals surface area contributed by atoms with Crippen LogP contribution in [0, 0.1) is 6.92 Å². The summed E-state index contributed by atoms with van der Waals surface area (Å²) in [4.78, 5) is 22.8. The SMILES string of the molecule is CCOc1c(Nc2cccc(Cl)c2C)c(=O)c1=O. The molecule has 0 atom stereocenters. The van der Waals surface area contributed by atoms with Gasteiger partial charge in [0.2, 0.25) is 0 Å². The van der Waals surface area contributed by atoms with Crippen LogP contribution in [0.1, 0.15) is 12.5 Å². The van der Waals surface area contributed by atoms with E-state index in [4.69, 9.17) is 16.3 Å². The van der Waals surface area contributed by atoms with E-state index in [0.29, 0.717) is 17.3 Å². The van der Waals surface area contributed by atoms with Gasteiger partial charge in [-0.05, 0) is 31.5 Å². The Balaban J connectivity index is 2.35. The third kappa shape index (κ3) is 1.99. The number of rotatable bonds is 4. The Kier molecular flexibility index (Phi) is 3.39. The zero-order valence-corrected chi connectivity index (χ0v) is 10.8. The highest BCUT2D eigenvalue weighted by atomic mass is 35.5. The fourth-order valence-electron chi connectivity index (χ4n) is 1.64. The first-order valence-electron chi connectivity index (χ1n) is 5.54. The van der Waals surface area contributed by atoms with Crippen molar-refractivity contribution in [3.05, 3.63) is 49.2 Å². The summed E-state index contributed by atoms with van der Waals surface area (Å²) in [5, 5.41) is 3.50. The molecule has 4 nitrogen and oxygen atoms in total. The summed E-state index contributed by atoms with van der Waals surface area (Å²) in [6.45, 7) is 3.93. The van der Waals surface area contributed by atoms with Gasteiger partial charge in [0.25, 0.3) is 10.9 Å². The van der Waals surface area contributed by atoms with Crippen LogP contribution >= 0.6 is 11.6 Å². The lowest BCUT2D eigenvalue weighted by Crippen LogP contribution is -2.35. The molecule has 0 fully saturated rings. The highest BCUT2D eigenvalue weighted by Gasteiger charge is 2.22. The van der Waals surface area contributed by atoms with Crippen LogP contribution in [0.4, 0.5) is 11.4 Å². The third-order valence-corrected chi connectivity index (χ3v) is 3.09. The van der Waals surface area contributed by atoms with E-state index in [1.54, 1.807) is 25.1 Å². The Morgan fingerprint density at radius 2 is 2.00 bits per heavy atom. The van der Waals surface area contributed by atoms with Gasteiger partial charge in [0.1, 0.15) is 5.69 Å².